The predicted octanol–water partition coefficient (Wildman–Crippen LogP) is 2.13. The number of carboxylic acid groups (broad SMARTS) is 2. The second-order valence-corrected chi connectivity index (χ2v) is 18.7. The minimum Gasteiger partial charge on any atom is -0.481 e. The van der Waals surface area contributed by atoms with Gasteiger partial charge in [0.15, 0.2) is 0 Å². The predicted molar refractivity (Wildman–Crippen MR) is 218 cm³/mol. The second-order valence-electron chi connectivity index (χ2n) is 18.7. The lowest BCUT2D eigenvalue weighted by Gasteiger charge is -2.67. The van der Waals surface area contributed by atoms with Crippen LogP contribution in [0, 0.1) is 28.6 Å². The number of nitrogens with two attached hydrogens (primary N) is 1. The van der Waals surface area contributed by atoms with Crippen LogP contribution < -0.4 is 27.0 Å². The van der Waals surface area contributed by atoms with E-state index in [1.165, 1.54) is 4.90 Å². The highest BCUT2D eigenvalue weighted by Crippen LogP contribution is 2.69. The summed E-state index contributed by atoms with van der Waals surface area (Å²) in [6, 6.07) is -6.00. The summed E-state index contributed by atoms with van der Waals surface area (Å²) in [4.78, 5) is 92.3. The van der Waals surface area contributed by atoms with Crippen LogP contribution >= 0.6 is 0 Å². The first kappa shape index (κ1) is 47.9. The average molecular weight is 833 g/mol. The molecule has 5 fully saturated rings. The van der Waals surface area contributed by atoms with Crippen LogP contribution in [-0.4, -0.2) is 119 Å². The Morgan fingerprint density at radius 1 is 0.831 bits per heavy atom. The summed E-state index contributed by atoms with van der Waals surface area (Å²) in [7, 11) is -0.600. The Hall–Kier alpha value is -3.77. The topological polar surface area (TPSA) is 256 Å². The lowest BCUT2D eigenvalue weighted by Crippen LogP contribution is -2.66. The van der Waals surface area contributed by atoms with Crippen LogP contribution in [0.5, 0.6) is 0 Å². The van der Waals surface area contributed by atoms with E-state index in [4.69, 9.17) is 20.1 Å². The zero-order valence-electron chi connectivity index (χ0n) is 36.2. The minimum atomic E-state index is -1.50. The summed E-state index contributed by atoms with van der Waals surface area (Å²) in [6.45, 7) is 16.2. The highest BCUT2D eigenvalue weighted by molar-refractivity contribution is 6.47. The van der Waals surface area contributed by atoms with E-state index in [9.17, 15) is 38.7 Å². The van der Waals surface area contributed by atoms with Gasteiger partial charge in [0.25, 0.3) is 0 Å². The third-order valence-electron chi connectivity index (χ3n) is 13.6. The Kier molecular flexibility index (Phi) is 16.4. The first-order valence-corrected chi connectivity index (χ1v) is 21.6. The number of carbonyl (C=O) groups is 7. The Labute approximate surface area is 348 Å². The summed E-state index contributed by atoms with van der Waals surface area (Å²) in [5.41, 5.74) is 5.79. The number of likely N-dealkylation sites (tertiary alicyclic amines) is 1. The summed E-state index contributed by atoms with van der Waals surface area (Å²) < 4.78 is 13.3. The Morgan fingerprint density at radius 3 is 2.08 bits per heavy atom. The lowest BCUT2D eigenvalue weighted by atomic mass is 9.39. The van der Waals surface area contributed by atoms with Crippen molar-refractivity contribution in [2.45, 2.75) is 181 Å². The van der Waals surface area contributed by atoms with Gasteiger partial charge in [-0.3, -0.25) is 33.6 Å². The molecule has 0 aromatic heterocycles. The number of rotatable bonds is 22. The molecule has 332 valence electrons. The van der Waals surface area contributed by atoms with Gasteiger partial charge >= 0.3 is 19.1 Å². The van der Waals surface area contributed by atoms with Crippen molar-refractivity contribution in [2.75, 3.05) is 6.54 Å². The molecule has 0 unspecified atom stereocenters. The smallest absolute Gasteiger partial charge is 0.481 e. The molecule has 17 nitrogen and oxygen atoms in total. The molecule has 5 rings (SSSR count). The Bertz CT molecular complexity index is 1560. The molecule has 3 aliphatic carbocycles. The Balaban J connectivity index is 1.45. The first-order chi connectivity index (χ1) is 27.6. The quantitative estimate of drug-likeness (QED) is 0.0612. The Morgan fingerprint density at radius 2 is 1.49 bits per heavy atom. The number of hydrogen-bond donors (Lipinski definition) is 7. The molecule has 18 heteroatoms. The van der Waals surface area contributed by atoms with Crippen molar-refractivity contribution in [3.8, 4) is 0 Å². The molecule has 5 aliphatic rings. The van der Waals surface area contributed by atoms with E-state index >= 15 is 0 Å². The van der Waals surface area contributed by atoms with E-state index in [0.29, 0.717) is 31.7 Å². The fraction of sp³-hybridized carbons (Fsp3) is 0.829. The van der Waals surface area contributed by atoms with Gasteiger partial charge in [0, 0.05) is 18.4 Å². The monoisotopic (exact) mass is 833 g/mol. The fourth-order valence-electron chi connectivity index (χ4n) is 9.41. The zero-order valence-corrected chi connectivity index (χ0v) is 36.2. The standard InChI is InChI=1S/C41H69BN6O11/c1-9-10-11-12-15-29(42-58-28-19-24-21-41(8,34(28)59-42)40(24,6)7)45-37(55)27-14-13-18-48(27)39(57)33(23(4)5)47-38(56)32(22(2)3)46-36(54)26(16-17-30(49)50)44-35(53)25(43)20-31(51)52/h22-29,32-34H,9-21,43H2,1-8H3,(H,44,53)(H,45,55)(H,46,54)(H,47,56)(H,49,50)(H,51,52)/t24-,25+,26+,27+,28-,29+,32+,33+,34-,41-/m1/s1. The third-order valence-corrected chi connectivity index (χ3v) is 13.6. The van der Waals surface area contributed by atoms with Crippen molar-refractivity contribution < 1.29 is 53.1 Å². The summed E-state index contributed by atoms with van der Waals surface area (Å²) in [5.74, 6) is -6.63. The number of nitrogens with one attached hydrogen (secondary N) is 4. The molecule has 0 spiro atoms. The molecular weight excluding hydrogens is 763 g/mol. The van der Waals surface area contributed by atoms with E-state index in [2.05, 4.69) is 49.0 Å². The summed E-state index contributed by atoms with van der Waals surface area (Å²) in [5, 5.41) is 29.2. The van der Waals surface area contributed by atoms with Gasteiger partial charge < -0.3 is 51.4 Å². The molecule has 5 amide bonds. The number of carbonyl (C=O) groups excluding carboxylic acids is 5. The van der Waals surface area contributed by atoms with Gasteiger partial charge in [-0.25, -0.2) is 0 Å². The highest BCUT2D eigenvalue weighted by Gasteiger charge is 2.69. The van der Waals surface area contributed by atoms with Crippen molar-refractivity contribution in [3.63, 3.8) is 0 Å². The maximum atomic E-state index is 14.3. The van der Waals surface area contributed by atoms with Crippen LogP contribution in [0.4, 0.5) is 0 Å². The van der Waals surface area contributed by atoms with Gasteiger partial charge in [0.05, 0.1) is 30.6 Å². The SMILES string of the molecule is CCCCCC[C@H](NC(=O)[C@@H]1CCCN1C(=O)[C@@H](NC(=O)[C@@H](NC(=O)[C@H](CCC(=O)O)NC(=O)[C@@H](N)CC(=O)O)C(C)C)C(C)C)B1O[C@@H]2[C@@H](C[C@@H]3C[C@@]2(C)C3(C)C)O1. The van der Waals surface area contributed by atoms with E-state index in [-0.39, 0.29) is 35.4 Å². The number of aliphatic carboxylic acids is 2. The number of hydrogen-bond acceptors (Lipinski definition) is 10. The molecule has 59 heavy (non-hydrogen) atoms. The van der Waals surface area contributed by atoms with E-state index in [1.54, 1.807) is 27.7 Å². The molecule has 2 heterocycles. The molecule has 8 N–H and O–H groups in total. The fourth-order valence-corrected chi connectivity index (χ4v) is 9.41. The van der Waals surface area contributed by atoms with Crippen molar-refractivity contribution in [1.29, 1.82) is 0 Å². The average Bonchev–Trinajstić information content (AvgIpc) is 3.83. The van der Waals surface area contributed by atoms with Crippen LogP contribution in [0.15, 0.2) is 0 Å². The minimum absolute atomic E-state index is 0.0100. The van der Waals surface area contributed by atoms with Gasteiger partial charge in [-0.2, -0.15) is 0 Å². The van der Waals surface area contributed by atoms with E-state index in [1.807, 2.05) is 0 Å². The van der Waals surface area contributed by atoms with E-state index in [0.717, 1.165) is 38.5 Å². The van der Waals surface area contributed by atoms with Crippen molar-refractivity contribution in [3.05, 3.63) is 0 Å². The maximum Gasteiger partial charge on any atom is 0.481 e. The molecule has 3 saturated carbocycles. The third kappa shape index (κ3) is 11.1. The van der Waals surface area contributed by atoms with Gasteiger partial charge in [-0.1, -0.05) is 81.1 Å². The van der Waals surface area contributed by atoms with Gasteiger partial charge in [0.1, 0.15) is 24.2 Å². The van der Waals surface area contributed by atoms with Crippen LogP contribution in [0.25, 0.3) is 0 Å². The van der Waals surface area contributed by atoms with Gasteiger partial charge in [0.2, 0.25) is 29.5 Å². The molecule has 2 aliphatic heterocycles. The summed E-state index contributed by atoms with van der Waals surface area (Å²) >= 11 is 0. The van der Waals surface area contributed by atoms with Crippen LogP contribution in [0.3, 0.4) is 0 Å². The number of unbranched alkanes of at least 4 members (excludes halogenated alkanes) is 3. The largest absolute Gasteiger partial charge is 0.481 e. The van der Waals surface area contributed by atoms with Crippen molar-refractivity contribution in [1.82, 2.24) is 26.2 Å². The van der Waals surface area contributed by atoms with Gasteiger partial charge in [-0.05, 0) is 61.7 Å². The molecule has 0 aromatic rings. The van der Waals surface area contributed by atoms with Gasteiger partial charge in [-0.15, -0.1) is 0 Å². The number of amides is 5. The second kappa shape index (κ2) is 20.2. The molecule has 10 atom stereocenters. The highest BCUT2D eigenvalue weighted by atomic mass is 16.7. The molecule has 2 saturated heterocycles. The van der Waals surface area contributed by atoms with E-state index < -0.39 is 104 Å². The lowest BCUT2D eigenvalue weighted by molar-refractivity contribution is -0.220. The zero-order chi connectivity index (χ0) is 44.0. The van der Waals surface area contributed by atoms with Crippen LogP contribution in [-0.2, 0) is 42.9 Å². The number of carboxylic acids is 2. The molecule has 0 radical (unpaired) electrons. The first-order valence-electron chi connectivity index (χ1n) is 21.6. The normalized spacial score (nSPS) is 26.8. The van der Waals surface area contributed by atoms with Crippen LogP contribution in [0.1, 0.15) is 132 Å². The van der Waals surface area contributed by atoms with Crippen molar-refractivity contribution >= 4 is 48.6 Å². The molecule has 0 aromatic carbocycles. The van der Waals surface area contributed by atoms with Crippen molar-refractivity contribution in [2.24, 2.45) is 34.3 Å². The number of nitrogens with zero attached hydrogens (tertiary/aromatic N) is 1. The molecular formula is C41H69BN6O11. The molecule has 2 bridgehead atoms. The maximum absolute atomic E-state index is 14.3. The summed E-state index contributed by atoms with van der Waals surface area (Å²) in [6.07, 6.45) is 6.09. The van der Waals surface area contributed by atoms with Crippen LogP contribution in [0.2, 0.25) is 0 Å².